The molecule has 80 valence electrons. The molecule has 5 heteroatoms. The number of nitro groups is 1. The average molecular weight is 210 g/mol. The molecule has 0 aliphatic carbocycles. The van der Waals surface area contributed by atoms with E-state index < -0.39 is 4.92 Å². The van der Waals surface area contributed by atoms with E-state index in [1.165, 1.54) is 12.1 Å². The Morgan fingerprint density at radius 2 is 2.07 bits per heavy atom. The molecule has 1 aromatic rings. The maximum Gasteiger partial charge on any atom is 0.252 e. The van der Waals surface area contributed by atoms with E-state index in [-0.39, 0.29) is 11.5 Å². The van der Waals surface area contributed by atoms with Gasteiger partial charge >= 0.3 is 0 Å². The van der Waals surface area contributed by atoms with Gasteiger partial charge in [-0.25, -0.2) is 4.39 Å². The second-order valence-corrected chi connectivity index (χ2v) is 3.12. The molecule has 0 unspecified atom stereocenters. The third-order valence-corrected chi connectivity index (χ3v) is 1.89. The molecule has 15 heavy (non-hydrogen) atoms. The Hall–Kier alpha value is -1.91. The average Bonchev–Trinajstić information content (AvgIpc) is 2.16. The summed E-state index contributed by atoms with van der Waals surface area (Å²) in [5.74, 6) is -0.299. The molecule has 0 aliphatic heterocycles. The number of benzene rings is 1. The van der Waals surface area contributed by atoms with Crippen molar-refractivity contribution in [2.24, 2.45) is 5.73 Å². The number of nitrogens with zero attached hydrogens (tertiary/aromatic N) is 1. The molecule has 0 fully saturated rings. The van der Waals surface area contributed by atoms with Gasteiger partial charge in [0.15, 0.2) is 0 Å². The Balaban J connectivity index is 2.50. The summed E-state index contributed by atoms with van der Waals surface area (Å²) < 4.78 is 12.5. The van der Waals surface area contributed by atoms with Crippen LogP contribution >= 0.6 is 0 Å². The molecule has 0 heterocycles. The molecule has 0 atom stereocenters. The van der Waals surface area contributed by atoms with Crippen LogP contribution in [0.4, 0.5) is 4.39 Å². The minimum Gasteiger partial charge on any atom is -0.397 e. The van der Waals surface area contributed by atoms with Crippen LogP contribution in [0.1, 0.15) is 12.0 Å². The molecule has 1 rings (SSSR count). The normalized spacial score (nSPS) is 11.4. The number of halogens is 1. The van der Waals surface area contributed by atoms with Crippen LogP contribution in [0, 0.1) is 15.9 Å². The molecule has 0 radical (unpaired) electrons. The van der Waals surface area contributed by atoms with Gasteiger partial charge in [0.1, 0.15) is 5.82 Å². The Morgan fingerprint density at radius 3 is 2.60 bits per heavy atom. The van der Waals surface area contributed by atoms with Gasteiger partial charge in [0, 0.05) is 0 Å². The monoisotopic (exact) mass is 210 g/mol. The van der Waals surface area contributed by atoms with Gasteiger partial charge in [0.05, 0.1) is 10.6 Å². The van der Waals surface area contributed by atoms with Crippen LogP contribution in [-0.2, 0) is 6.42 Å². The largest absolute Gasteiger partial charge is 0.397 e. The molecule has 0 amide bonds. The molecule has 0 aromatic heterocycles. The Morgan fingerprint density at radius 1 is 1.47 bits per heavy atom. The van der Waals surface area contributed by atoms with Crippen LogP contribution in [0.15, 0.2) is 36.2 Å². The van der Waals surface area contributed by atoms with E-state index in [1.54, 1.807) is 12.1 Å². The highest BCUT2D eigenvalue weighted by Crippen LogP contribution is 2.07. The second kappa shape index (κ2) is 5.09. The number of nitrogens with two attached hydrogens (primary N) is 1. The molecule has 1 aromatic carbocycles. The third kappa shape index (κ3) is 4.21. The first-order valence-corrected chi connectivity index (χ1v) is 4.42. The molecule has 0 saturated heterocycles. The van der Waals surface area contributed by atoms with Crippen LogP contribution in [0.25, 0.3) is 0 Å². The number of hydrogen-bond donors (Lipinski definition) is 1. The first kappa shape index (κ1) is 11.2. The lowest BCUT2D eigenvalue weighted by atomic mass is 10.1. The van der Waals surface area contributed by atoms with E-state index in [0.29, 0.717) is 12.8 Å². The van der Waals surface area contributed by atoms with Gasteiger partial charge in [-0.2, -0.15) is 0 Å². The molecule has 0 saturated carbocycles. The SMILES string of the molecule is N/C(=C\[N+](=O)[O-])CCc1ccc(F)cc1. The highest BCUT2D eigenvalue weighted by Gasteiger charge is 1.99. The summed E-state index contributed by atoms with van der Waals surface area (Å²) in [7, 11) is 0. The van der Waals surface area contributed by atoms with Gasteiger partial charge in [-0.15, -0.1) is 0 Å². The minimum absolute atomic E-state index is 0.212. The summed E-state index contributed by atoms with van der Waals surface area (Å²) in [6, 6.07) is 5.97. The number of rotatable bonds is 4. The number of hydrogen-bond acceptors (Lipinski definition) is 3. The highest BCUT2D eigenvalue weighted by atomic mass is 19.1. The Bertz CT molecular complexity index is 374. The van der Waals surface area contributed by atoms with Gasteiger partial charge in [-0.05, 0) is 30.5 Å². The summed E-state index contributed by atoms with van der Waals surface area (Å²) in [4.78, 5) is 9.48. The van der Waals surface area contributed by atoms with E-state index in [2.05, 4.69) is 0 Å². The molecule has 0 aliphatic rings. The zero-order valence-electron chi connectivity index (χ0n) is 8.02. The van der Waals surface area contributed by atoms with Crippen LogP contribution in [0.3, 0.4) is 0 Å². The smallest absolute Gasteiger partial charge is 0.252 e. The van der Waals surface area contributed by atoms with Gasteiger partial charge in [-0.3, -0.25) is 10.1 Å². The lowest BCUT2D eigenvalue weighted by molar-refractivity contribution is -0.403. The Kier molecular flexibility index (Phi) is 3.79. The van der Waals surface area contributed by atoms with E-state index in [4.69, 9.17) is 5.73 Å². The van der Waals surface area contributed by atoms with Crippen LogP contribution in [0.2, 0.25) is 0 Å². The lowest BCUT2D eigenvalue weighted by Gasteiger charge is -1.99. The summed E-state index contributed by atoms with van der Waals surface area (Å²) in [5.41, 5.74) is 6.51. The quantitative estimate of drug-likeness (QED) is 0.608. The lowest BCUT2D eigenvalue weighted by Crippen LogP contribution is -2.02. The molecule has 4 nitrogen and oxygen atoms in total. The fourth-order valence-electron chi connectivity index (χ4n) is 1.14. The molecular formula is C10H11FN2O2. The van der Waals surface area contributed by atoms with Crippen molar-refractivity contribution in [3.05, 3.63) is 57.7 Å². The van der Waals surface area contributed by atoms with Crippen molar-refractivity contribution >= 4 is 0 Å². The molecule has 2 N–H and O–H groups in total. The molecule has 0 spiro atoms. The first-order valence-electron chi connectivity index (χ1n) is 4.42. The predicted octanol–water partition coefficient (Wildman–Crippen LogP) is 1.84. The minimum atomic E-state index is -0.583. The second-order valence-electron chi connectivity index (χ2n) is 3.12. The van der Waals surface area contributed by atoms with Crippen molar-refractivity contribution in [1.82, 2.24) is 0 Å². The number of allylic oxidation sites excluding steroid dienone is 1. The summed E-state index contributed by atoms with van der Waals surface area (Å²) in [5, 5.41) is 10.1. The topological polar surface area (TPSA) is 69.2 Å². The summed E-state index contributed by atoms with van der Waals surface area (Å²) in [6.07, 6.45) is 1.74. The highest BCUT2D eigenvalue weighted by molar-refractivity contribution is 5.17. The van der Waals surface area contributed by atoms with E-state index in [0.717, 1.165) is 11.8 Å². The van der Waals surface area contributed by atoms with Crippen molar-refractivity contribution in [2.75, 3.05) is 0 Å². The molecular weight excluding hydrogens is 199 g/mol. The zero-order valence-corrected chi connectivity index (χ0v) is 8.02. The Labute approximate surface area is 86.4 Å². The van der Waals surface area contributed by atoms with Crippen molar-refractivity contribution in [3.8, 4) is 0 Å². The van der Waals surface area contributed by atoms with Crippen LogP contribution < -0.4 is 5.73 Å². The van der Waals surface area contributed by atoms with Gasteiger partial charge in [0.2, 0.25) is 0 Å². The van der Waals surface area contributed by atoms with Gasteiger partial charge < -0.3 is 5.73 Å². The summed E-state index contributed by atoms with van der Waals surface area (Å²) in [6.45, 7) is 0. The van der Waals surface area contributed by atoms with E-state index in [9.17, 15) is 14.5 Å². The third-order valence-electron chi connectivity index (χ3n) is 1.89. The standard InChI is InChI=1S/C10H11FN2O2/c11-9-4-1-8(2-5-9)3-6-10(12)7-13(14)15/h1-2,4-5,7H,3,6,12H2/b10-7-. The van der Waals surface area contributed by atoms with Gasteiger partial charge in [0.25, 0.3) is 6.20 Å². The fraction of sp³-hybridized carbons (Fsp3) is 0.200. The van der Waals surface area contributed by atoms with Crippen molar-refractivity contribution in [2.45, 2.75) is 12.8 Å². The van der Waals surface area contributed by atoms with Crippen molar-refractivity contribution < 1.29 is 9.31 Å². The maximum absolute atomic E-state index is 12.5. The van der Waals surface area contributed by atoms with E-state index >= 15 is 0 Å². The van der Waals surface area contributed by atoms with Crippen LogP contribution in [0.5, 0.6) is 0 Å². The molecule has 0 bridgehead atoms. The zero-order chi connectivity index (χ0) is 11.3. The maximum atomic E-state index is 12.5. The first-order chi connectivity index (χ1) is 7.08. The van der Waals surface area contributed by atoms with Crippen LogP contribution in [-0.4, -0.2) is 4.92 Å². The predicted molar refractivity (Wildman–Crippen MR) is 54.0 cm³/mol. The fourth-order valence-corrected chi connectivity index (χ4v) is 1.14. The van der Waals surface area contributed by atoms with E-state index in [1.807, 2.05) is 0 Å². The van der Waals surface area contributed by atoms with Gasteiger partial charge in [-0.1, -0.05) is 12.1 Å². The number of aryl methyl sites for hydroxylation is 1. The summed E-state index contributed by atoms with van der Waals surface area (Å²) >= 11 is 0. The van der Waals surface area contributed by atoms with Crippen molar-refractivity contribution in [3.63, 3.8) is 0 Å². The van der Waals surface area contributed by atoms with Crippen molar-refractivity contribution in [1.29, 1.82) is 0 Å².